The second-order valence-electron chi connectivity index (χ2n) is 4.67. The minimum absolute atomic E-state index is 0.173. The molecule has 1 aliphatic rings. The molecular formula is C11H18O2. The van der Waals surface area contributed by atoms with E-state index in [1.807, 2.05) is 27.7 Å². The van der Waals surface area contributed by atoms with Crippen LogP contribution in [0.2, 0.25) is 0 Å². The zero-order valence-corrected chi connectivity index (χ0v) is 8.89. The van der Waals surface area contributed by atoms with E-state index in [0.717, 1.165) is 18.6 Å². The van der Waals surface area contributed by atoms with Crippen LogP contribution in [-0.2, 0) is 9.53 Å². The molecule has 0 aromatic rings. The summed E-state index contributed by atoms with van der Waals surface area (Å²) in [6.07, 6.45) is 3.46. The fraction of sp³-hybridized carbons (Fsp3) is 0.727. The van der Waals surface area contributed by atoms with Gasteiger partial charge in [0.1, 0.15) is 11.4 Å². The molecule has 0 radical (unpaired) electrons. The predicted octanol–water partition coefficient (Wildman–Crippen LogP) is 2.68. The van der Waals surface area contributed by atoms with Gasteiger partial charge in [-0.2, -0.15) is 0 Å². The summed E-state index contributed by atoms with van der Waals surface area (Å²) in [7, 11) is 0. The predicted molar refractivity (Wildman–Crippen MR) is 52.3 cm³/mol. The van der Waals surface area contributed by atoms with Gasteiger partial charge in [-0.1, -0.05) is 6.92 Å². The van der Waals surface area contributed by atoms with Crippen LogP contribution in [0.3, 0.4) is 0 Å². The maximum Gasteiger partial charge on any atom is 0.161 e. The van der Waals surface area contributed by atoms with Crippen LogP contribution in [0.4, 0.5) is 0 Å². The second-order valence-corrected chi connectivity index (χ2v) is 4.67. The molecule has 1 rings (SSSR count). The average Bonchev–Trinajstić information content (AvgIpc) is 1.94. The third-order valence-corrected chi connectivity index (χ3v) is 2.05. The van der Waals surface area contributed by atoms with Crippen LogP contribution >= 0.6 is 0 Å². The van der Waals surface area contributed by atoms with Gasteiger partial charge in [0.2, 0.25) is 0 Å². The molecule has 0 saturated heterocycles. The minimum atomic E-state index is -0.188. The fourth-order valence-corrected chi connectivity index (χ4v) is 1.35. The Morgan fingerprint density at radius 2 is 2.08 bits per heavy atom. The molecule has 1 aliphatic carbocycles. The van der Waals surface area contributed by atoms with Crippen LogP contribution in [0.1, 0.15) is 40.5 Å². The standard InChI is InChI=1S/C11H18O2/c1-8-5-6-9(7-10(8)12)13-11(2,3)4/h7-8H,5-6H2,1-4H3. The summed E-state index contributed by atoms with van der Waals surface area (Å²) in [6.45, 7) is 7.95. The van der Waals surface area contributed by atoms with E-state index in [1.54, 1.807) is 6.08 Å². The number of carbonyl (C=O) groups is 1. The van der Waals surface area contributed by atoms with Crippen LogP contribution in [-0.4, -0.2) is 11.4 Å². The van der Waals surface area contributed by atoms with Crippen molar-refractivity contribution in [1.82, 2.24) is 0 Å². The van der Waals surface area contributed by atoms with Crippen molar-refractivity contribution in [3.05, 3.63) is 11.8 Å². The molecule has 0 aromatic heterocycles. The van der Waals surface area contributed by atoms with Crippen molar-refractivity contribution >= 4 is 5.78 Å². The maximum atomic E-state index is 11.3. The van der Waals surface area contributed by atoms with E-state index in [2.05, 4.69) is 0 Å². The zero-order valence-electron chi connectivity index (χ0n) is 8.89. The van der Waals surface area contributed by atoms with Gasteiger partial charge >= 0.3 is 0 Å². The van der Waals surface area contributed by atoms with E-state index >= 15 is 0 Å². The van der Waals surface area contributed by atoms with Crippen LogP contribution in [0.5, 0.6) is 0 Å². The zero-order chi connectivity index (χ0) is 10.1. The van der Waals surface area contributed by atoms with Gasteiger partial charge in [0.25, 0.3) is 0 Å². The monoisotopic (exact) mass is 182 g/mol. The Morgan fingerprint density at radius 1 is 1.46 bits per heavy atom. The first kappa shape index (κ1) is 10.3. The van der Waals surface area contributed by atoms with Gasteiger partial charge in [0.15, 0.2) is 5.78 Å². The fourth-order valence-electron chi connectivity index (χ4n) is 1.35. The quantitative estimate of drug-likeness (QED) is 0.623. The van der Waals surface area contributed by atoms with Crippen LogP contribution in [0.15, 0.2) is 11.8 Å². The van der Waals surface area contributed by atoms with Crippen molar-refractivity contribution < 1.29 is 9.53 Å². The number of ketones is 1. The van der Waals surface area contributed by atoms with Gasteiger partial charge in [0.05, 0.1) is 0 Å². The lowest BCUT2D eigenvalue weighted by atomic mass is 9.94. The summed E-state index contributed by atoms with van der Waals surface area (Å²) in [5.74, 6) is 1.22. The Morgan fingerprint density at radius 3 is 2.54 bits per heavy atom. The van der Waals surface area contributed by atoms with Crippen LogP contribution in [0, 0.1) is 5.92 Å². The van der Waals surface area contributed by atoms with E-state index in [4.69, 9.17) is 4.74 Å². The van der Waals surface area contributed by atoms with Gasteiger partial charge in [-0.15, -0.1) is 0 Å². The summed E-state index contributed by atoms with van der Waals surface area (Å²) in [5.41, 5.74) is -0.188. The second kappa shape index (κ2) is 3.52. The van der Waals surface area contributed by atoms with Crippen molar-refractivity contribution in [2.24, 2.45) is 5.92 Å². The summed E-state index contributed by atoms with van der Waals surface area (Å²) < 4.78 is 5.64. The molecule has 2 nitrogen and oxygen atoms in total. The van der Waals surface area contributed by atoms with Gasteiger partial charge < -0.3 is 4.74 Å². The van der Waals surface area contributed by atoms with Crippen molar-refractivity contribution in [2.45, 2.75) is 46.1 Å². The highest BCUT2D eigenvalue weighted by Gasteiger charge is 2.21. The van der Waals surface area contributed by atoms with Crippen LogP contribution < -0.4 is 0 Å². The molecule has 0 amide bonds. The lowest BCUT2D eigenvalue weighted by Crippen LogP contribution is -2.22. The molecule has 0 heterocycles. The van der Waals surface area contributed by atoms with Gasteiger partial charge in [-0.05, 0) is 27.2 Å². The average molecular weight is 182 g/mol. The lowest BCUT2D eigenvalue weighted by molar-refractivity contribution is -0.119. The topological polar surface area (TPSA) is 26.3 Å². The molecule has 0 saturated carbocycles. The van der Waals surface area contributed by atoms with Crippen molar-refractivity contribution in [1.29, 1.82) is 0 Å². The minimum Gasteiger partial charge on any atom is -0.492 e. The lowest BCUT2D eigenvalue weighted by Gasteiger charge is -2.26. The Bertz CT molecular complexity index is 233. The molecule has 0 spiro atoms. The highest BCUT2D eigenvalue weighted by molar-refractivity contribution is 5.92. The third-order valence-electron chi connectivity index (χ3n) is 2.05. The Kier molecular flexibility index (Phi) is 2.79. The molecule has 0 aromatic carbocycles. The highest BCUT2D eigenvalue weighted by atomic mass is 16.5. The summed E-state index contributed by atoms with van der Waals surface area (Å²) >= 11 is 0. The number of hydrogen-bond acceptors (Lipinski definition) is 2. The summed E-state index contributed by atoms with van der Waals surface area (Å²) in [5, 5.41) is 0. The Balaban J connectivity index is 2.63. The van der Waals surface area contributed by atoms with E-state index < -0.39 is 0 Å². The molecule has 0 bridgehead atoms. The molecule has 0 aliphatic heterocycles. The molecular weight excluding hydrogens is 164 g/mol. The number of ether oxygens (including phenoxy) is 1. The largest absolute Gasteiger partial charge is 0.492 e. The van der Waals surface area contributed by atoms with Crippen molar-refractivity contribution in [2.75, 3.05) is 0 Å². The molecule has 2 heteroatoms. The molecule has 0 N–H and O–H groups in total. The third kappa shape index (κ3) is 3.21. The smallest absolute Gasteiger partial charge is 0.161 e. The molecule has 1 unspecified atom stereocenters. The summed E-state index contributed by atoms with van der Waals surface area (Å²) in [6, 6.07) is 0. The first-order chi connectivity index (χ1) is 5.88. The summed E-state index contributed by atoms with van der Waals surface area (Å²) in [4.78, 5) is 11.3. The number of hydrogen-bond donors (Lipinski definition) is 0. The molecule has 74 valence electrons. The molecule has 0 fully saturated rings. The van der Waals surface area contributed by atoms with Gasteiger partial charge in [-0.25, -0.2) is 0 Å². The van der Waals surface area contributed by atoms with Crippen molar-refractivity contribution in [3.63, 3.8) is 0 Å². The number of carbonyl (C=O) groups excluding carboxylic acids is 1. The maximum absolute atomic E-state index is 11.3. The van der Waals surface area contributed by atoms with Crippen LogP contribution in [0.25, 0.3) is 0 Å². The van der Waals surface area contributed by atoms with Crippen molar-refractivity contribution in [3.8, 4) is 0 Å². The number of allylic oxidation sites excluding steroid dienone is 2. The SMILES string of the molecule is CC1CCC(OC(C)(C)C)=CC1=O. The normalized spacial score (nSPS) is 24.2. The Hall–Kier alpha value is -0.790. The molecule has 13 heavy (non-hydrogen) atoms. The van der Waals surface area contributed by atoms with E-state index in [9.17, 15) is 4.79 Å². The first-order valence-corrected chi connectivity index (χ1v) is 4.82. The first-order valence-electron chi connectivity index (χ1n) is 4.82. The number of rotatable bonds is 1. The van der Waals surface area contributed by atoms with Gasteiger partial charge in [0, 0.05) is 18.4 Å². The Labute approximate surface area is 80.0 Å². The van der Waals surface area contributed by atoms with E-state index in [-0.39, 0.29) is 17.3 Å². The van der Waals surface area contributed by atoms with Gasteiger partial charge in [-0.3, -0.25) is 4.79 Å². The highest BCUT2D eigenvalue weighted by Crippen LogP contribution is 2.24. The van der Waals surface area contributed by atoms with E-state index in [0.29, 0.717) is 0 Å². The molecule has 1 atom stereocenters. The van der Waals surface area contributed by atoms with E-state index in [1.165, 1.54) is 0 Å².